The van der Waals surface area contributed by atoms with Crippen LogP contribution in [0.4, 0.5) is 4.39 Å². The number of para-hydroxylation sites is 1. The number of fused-ring (bicyclic) bond motifs is 1. The first-order chi connectivity index (χ1) is 9.27. The Labute approximate surface area is 110 Å². The fourth-order valence-corrected chi connectivity index (χ4v) is 2.27. The van der Waals surface area contributed by atoms with Crippen LogP contribution in [0.2, 0.25) is 0 Å². The zero-order valence-corrected chi connectivity index (χ0v) is 10.2. The normalized spacial score (nSPS) is 13.5. The molecule has 0 fully saturated rings. The van der Waals surface area contributed by atoms with Gasteiger partial charge in [-0.15, -0.1) is 0 Å². The van der Waals surface area contributed by atoms with Crippen molar-refractivity contribution in [3.05, 3.63) is 59.2 Å². The van der Waals surface area contributed by atoms with Crippen molar-refractivity contribution in [2.24, 2.45) is 0 Å². The molecule has 0 aliphatic carbocycles. The highest BCUT2D eigenvalue weighted by Gasteiger charge is 2.22. The minimum absolute atomic E-state index is 0.0255. The number of halogens is 1. The molecule has 2 heterocycles. The summed E-state index contributed by atoms with van der Waals surface area (Å²) in [5.74, 6) is -0.380. The van der Waals surface area contributed by atoms with Gasteiger partial charge in [-0.3, -0.25) is 9.78 Å². The molecule has 0 saturated carbocycles. The van der Waals surface area contributed by atoms with E-state index in [0.29, 0.717) is 17.9 Å². The van der Waals surface area contributed by atoms with E-state index in [-0.39, 0.29) is 11.3 Å². The van der Waals surface area contributed by atoms with Crippen LogP contribution in [0.1, 0.15) is 27.9 Å². The molecule has 0 radical (unpaired) electrons. The van der Waals surface area contributed by atoms with Crippen LogP contribution in [0, 0.1) is 5.82 Å². The molecule has 96 valence electrons. The topological polar surface area (TPSA) is 39.2 Å². The molecule has 19 heavy (non-hydrogen) atoms. The third-order valence-corrected chi connectivity index (χ3v) is 3.20. The van der Waals surface area contributed by atoms with Gasteiger partial charge in [-0.25, -0.2) is 4.39 Å². The lowest BCUT2D eigenvalue weighted by atomic mass is 9.97. The molecule has 0 bridgehead atoms. The molecule has 0 atom stereocenters. The zero-order chi connectivity index (χ0) is 13.2. The average molecular weight is 257 g/mol. The molecule has 0 N–H and O–H groups in total. The molecule has 3 nitrogen and oxygen atoms in total. The van der Waals surface area contributed by atoms with E-state index in [9.17, 15) is 9.18 Å². The number of hydrogen-bond donors (Lipinski definition) is 0. The van der Waals surface area contributed by atoms with Crippen LogP contribution in [0.15, 0.2) is 36.7 Å². The summed E-state index contributed by atoms with van der Waals surface area (Å²) in [5, 5.41) is 0. The predicted molar refractivity (Wildman–Crippen MR) is 67.9 cm³/mol. The monoisotopic (exact) mass is 257 g/mol. The summed E-state index contributed by atoms with van der Waals surface area (Å²) in [7, 11) is 0. The molecule has 2 aromatic rings. The Morgan fingerprint density at radius 1 is 1.26 bits per heavy atom. The summed E-state index contributed by atoms with van der Waals surface area (Å²) < 4.78 is 19.2. The van der Waals surface area contributed by atoms with Gasteiger partial charge in [0.2, 0.25) is 0 Å². The van der Waals surface area contributed by atoms with Crippen molar-refractivity contribution in [3.63, 3.8) is 0 Å². The van der Waals surface area contributed by atoms with Crippen molar-refractivity contribution in [2.75, 3.05) is 6.61 Å². The van der Waals surface area contributed by atoms with E-state index in [1.807, 2.05) is 6.07 Å². The summed E-state index contributed by atoms with van der Waals surface area (Å²) in [6, 6.07) is 6.81. The second-order valence-corrected chi connectivity index (χ2v) is 4.43. The number of carbonyl (C=O) groups is 1. The Hall–Kier alpha value is -2.23. The highest BCUT2D eigenvalue weighted by molar-refractivity contribution is 6.11. The molecule has 1 aromatic heterocycles. The van der Waals surface area contributed by atoms with Crippen LogP contribution < -0.4 is 4.74 Å². The lowest BCUT2D eigenvalue weighted by molar-refractivity contribution is 0.103. The van der Waals surface area contributed by atoms with Crippen LogP contribution in [0.25, 0.3) is 0 Å². The first kappa shape index (κ1) is 11.8. The first-order valence-corrected chi connectivity index (χ1v) is 6.16. The van der Waals surface area contributed by atoms with Crippen LogP contribution in [0.5, 0.6) is 5.75 Å². The standard InChI is InChI=1S/C15H12FNO2/c16-13-9-17-7-6-11(13)14(18)12-5-1-3-10-4-2-8-19-15(10)12/h1,3,5-7,9H,2,4,8H2. The number of ether oxygens (including phenoxy) is 1. The highest BCUT2D eigenvalue weighted by Crippen LogP contribution is 2.30. The number of carbonyl (C=O) groups excluding carboxylic acids is 1. The van der Waals surface area contributed by atoms with E-state index in [2.05, 4.69) is 4.98 Å². The molecule has 0 amide bonds. The highest BCUT2D eigenvalue weighted by atomic mass is 19.1. The van der Waals surface area contributed by atoms with E-state index in [1.54, 1.807) is 12.1 Å². The minimum Gasteiger partial charge on any atom is -0.493 e. The van der Waals surface area contributed by atoms with Gasteiger partial charge in [-0.05, 0) is 30.5 Å². The summed E-state index contributed by atoms with van der Waals surface area (Å²) in [6.45, 7) is 0.593. The van der Waals surface area contributed by atoms with Gasteiger partial charge in [-0.1, -0.05) is 12.1 Å². The van der Waals surface area contributed by atoms with Crippen molar-refractivity contribution in [1.82, 2.24) is 4.98 Å². The van der Waals surface area contributed by atoms with Gasteiger partial charge in [0.05, 0.1) is 23.9 Å². The van der Waals surface area contributed by atoms with E-state index < -0.39 is 5.82 Å². The summed E-state index contributed by atoms with van der Waals surface area (Å²) in [4.78, 5) is 16.0. The van der Waals surface area contributed by atoms with E-state index in [1.165, 1.54) is 12.3 Å². The Bertz CT molecular complexity index is 640. The third-order valence-electron chi connectivity index (χ3n) is 3.20. The Morgan fingerprint density at radius 3 is 3.00 bits per heavy atom. The molecule has 1 aromatic carbocycles. The summed E-state index contributed by atoms with van der Waals surface area (Å²) in [5.41, 5.74) is 1.45. The number of aryl methyl sites for hydroxylation is 1. The molecule has 1 aliphatic rings. The minimum atomic E-state index is -0.610. The molecular formula is C15H12FNO2. The molecule has 0 saturated heterocycles. The van der Waals surface area contributed by atoms with Crippen molar-refractivity contribution in [3.8, 4) is 5.75 Å². The van der Waals surface area contributed by atoms with E-state index >= 15 is 0 Å². The lowest BCUT2D eigenvalue weighted by Crippen LogP contribution is -2.14. The molecule has 1 aliphatic heterocycles. The second kappa shape index (κ2) is 4.80. The number of benzene rings is 1. The van der Waals surface area contributed by atoms with Crippen LogP contribution in [-0.4, -0.2) is 17.4 Å². The van der Waals surface area contributed by atoms with Crippen LogP contribution >= 0.6 is 0 Å². The largest absolute Gasteiger partial charge is 0.493 e. The SMILES string of the molecule is O=C(c1ccncc1F)c1cccc2c1OCCC2. The van der Waals surface area contributed by atoms with Crippen molar-refractivity contribution in [2.45, 2.75) is 12.8 Å². The maximum absolute atomic E-state index is 13.6. The van der Waals surface area contributed by atoms with E-state index in [4.69, 9.17) is 4.74 Å². The molecular weight excluding hydrogens is 245 g/mol. The maximum Gasteiger partial charge on any atom is 0.199 e. The van der Waals surface area contributed by atoms with Crippen molar-refractivity contribution in [1.29, 1.82) is 0 Å². The smallest absolute Gasteiger partial charge is 0.199 e. The van der Waals surface area contributed by atoms with Crippen LogP contribution in [-0.2, 0) is 6.42 Å². The Kier molecular flexibility index (Phi) is 2.99. The summed E-state index contributed by atoms with van der Waals surface area (Å²) in [6.07, 6.45) is 4.28. The summed E-state index contributed by atoms with van der Waals surface area (Å²) >= 11 is 0. The van der Waals surface area contributed by atoms with Gasteiger partial charge in [0.25, 0.3) is 0 Å². The average Bonchev–Trinajstić information content (AvgIpc) is 2.46. The van der Waals surface area contributed by atoms with Gasteiger partial charge in [0, 0.05) is 6.20 Å². The Morgan fingerprint density at radius 2 is 2.16 bits per heavy atom. The quantitative estimate of drug-likeness (QED) is 0.776. The number of hydrogen-bond acceptors (Lipinski definition) is 3. The molecule has 0 unspecified atom stereocenters. The number of nitrogens with zero attached hydrogens (tertiary/aromatic N) is 1. The number of rotatable bonds is 2. The number of aromatic nitrogens is 1. The molecule has 4 heteroatoms. The van der Waals surface area contributed by atoms with E-state index in [0.717, 1.165) is 24.6 Å². The van der Waals surface area contributed by atoms with Crippen LogP contribution in [0.3, 0.4) is 0 Å². The predicted octanol–water partition coefficient (Wildman–Crippen LogP) is 2.78. The molecule has 0 spiro atoms. The van der Waals surface area contributed by atoms with Gasteiger partial charge in [-0.2, -0.15) is 0 Å². The third kappa shape index (κ3) is 2.10. The van der Waals surface area contributed by atoms with Crippen molar-refractivity contribution < 1.29 is 13.9 Å². The van der Waals surface area contributed by atoms with Gasteiger partial charge >= 0.3 is 0 Å². The molecule has 3 rings (SSSR count). The van der Waals surface area contributed by atoms with Gasteiger partial charge in [0.1, 0.15) is 5.75 Å². The number of pyridine rings is 1. The van der Waals surface area contributed by atoms with Gasteiger partial charge in [0.15, 0.2) is 11.6 Å². The number of ketones is 1. The zero-order valence-electron chi connectivity index (χ0n) is 10.2. The lowest BCUT2D eigenvalue weighted by Gasteiger charge is -2.19. The maximum atomic E-state index is 13.6. The Balaban J connectivity index is 2.08. The second-order valence-electron chi connectivity index (χ2n) is 4.43. The first-order valence-electron chi connectivity index (χ1n) is 6.16. The fraction of sp³-hybridized carbons (Fsp3) is 0.200. The fourth-order valence-electron chi connectivity index (χ4n) is 2.27. The van der Waals surface area contributed by atoms with Crippen molar-refractivity contribution >= 4 is 5.78 Å². The van der Waals surface area contributed by atoms with Gasteiger partial charge < -0.3 is 4.74 Å².